The Morgan fingerprint density at radius 2 is 2.00 bits per heavy atom. The highest BCUT2D eigenvalue weighted by Crippen LogP contribution is 2.35. The Bertz CT molecular complexity index is 598. The molecule has 1 aromatic rings. The number of hydrogen-bond donors (Lipinski definition) is 1. The van der Waals surface area contributed by atoms with Gasteiger partial charge < -0.3 is 10.2 Å². The fourth-order valence-corrected chi connectivity index (χ4v) is 2.81. The molecule has 1 aromatic carbocycles. The topological polar surface area (TPSA) is 32.3 Å². The number of carbonyl (C=O) groups is 1. The van der Waals surface area contributed by atoms with E-state index in [1.165, 1.54) is 12.1 Å². The number of carbonyl (C=O) groups excluding carboxylic acids is 1. The van der Waals surface area contributed by atoms with Gasteiger partial charge in [-0.25, -0.2) is 4.39 Å². The minimum atomic E-state index is -4.21. The van der Waals surface area contributed by atoms with Gasteiger partial charge in [0.05, 0.1) is 5.92 Å². The lowest BCUT2D eigenvalue weighted by Gasteiger charge is -2.20. The van der Waals surface area contributed by atoms with Crippen molar-refractivity contribution in [2.24, 2.45) is 11.8 Å². The Labute approximate surface area is 131 Å². The molecular weight excluding hydrogens is 312 g/mol. The molecule has 3 nitrogen and oxygen atoms in total. The number of anilines is 1. The molecule has 0 aromatic heterocycles. The number of rotatable bonds is 4. The molecule has 0 bridgehead atoms. The molecule has 2 fully saturated rings. The molecule has 23 heavy (non-hydrogen) atoms. The Kier molecular flexibility index (Phi) is 4.21. The van der Waals surface area contributed by atoms with Crippen LogP contribution in [0.1, 0.15) is 24.8 Å². The number of amides is 1. The summed E-state index contributed by atoms with van der Waals surface area (Å²) >= 11 is 0. The molecule has 1 N–H and O–H groups in total. The van der Waals surface area contributed by atoms with Crippen LogP contribution in [0.4, 0.5) is 23.2 Å². The van der Waals surface area contributed by atoms with E-state index < -0.39 is 17.9 Å². The van der Waals surface area contributed by atoms with Gasteiger partial charge in [-0.05, 0) is 31.4 Å². The van der Waals surface area contributed by atoms with Crippen LogP contribution in [-0.4, -0.2) is 25.2 Å². The molecule has 1 saturated carbocycles. The number of nitrogens with one attached hydrogen (secondary N) is 1. The molecule has 2 aliphatic rings. The van der Waals surface area contributed by atoms with Crippen molar-refractivity contribution in [1.29, 1.82) is 0 Å². The highest BCUT2D eigenvalue weighted by molar-refractivity contribution is 5.80. The monoisotopic (exact) mass is 330 g/mol. The molecule has 1 saturated heterocycles. The van der Waals surface area contributed by atoms with Gasteiger partial charge in [0.2, 0.25) is 5.91 Å². The predicted molar refractivity (Wildman–Crippen MR) is 77.3 cm³/mol. The summed E-state index contributed by atoms with van der Waals surface area (Å²) in [4.78, 5) is 13.1. The lowest BCUT2D eigenvalue weighted by molar-refractivity contribution is -0.168. The van der Waals surface area contributed by atoms with Crippen LogP contribution in [0.5, 0.6) is 0 Å². The Morgan fingerprint density at radius 1 is 1.26 bits per heavy atom. The van der Waals surface area contributed by atoms with Crippen molar-refractivity contribution in [3.05, 3.63) is 29.6 Å². The maximum Gasteiger partial charge on any atom is 0.393 e. The summed E-state index contributed by atoms with van der Waals surface area (Å²) in [5.74, 6) is -1.88. The molecule has 126 valence electrons. The third-order valence-electron chi connectivity index (χ3n) is 4.45. The van der Waals surface area contributed by atoms with Crippen molar-refractivity contribution in [1.82, 2.24) is 5.32 Å². The van der Waals surface area contributed by atoms with Crippen LogP contribution in [0.3, 0.4) is 0 Å². The number of alkyl halides is 3. The van der Waals surface area contributed by atoms with Crippen molar-refractivity contribution in [2.45, 2.75) is 32.0 Å². The van der Waals surface area contributed by atoms with Gasteiger partial charge in [-0.15, -0.1) is 0 Å². The van der Waals surface area contributed by atoms with E-state index in [4.69, 9.17) is 0 Å². The van der Waals surface area contributed by atoms with Gasteiger partial charge in [-0.3, -0.25) is 4.79 Å². The average molecular weight is 330 g/mol. The van der Waals surface area contributed by atoms with E-state index in [1.54, 1.807) is 11.0 Å². The minimum Gasteiger partial charge on any atom is -0.371 e. The fourth-order valence-electron chi connectivity index (χ4n) is 2.81. The van der Waals surface area contributed by atoms with E-state index in [0.29, 0.717) is 11.3 Å². The maximum absolute atomic E-state index is 14.1. The highest BCUT2D eigenvalue weighted by Gasteiger charge is 2.43. The molecule has 7 heteroatoms. The highest BCUT2D eigenvalue weighted by atomic mass is 19.4. The number of nitrogens with zero attached hydrogens (tertiary/aromatic N) is 1. The standard InChI is InChI=1S/C16H18F4N2O/c17-14-7-13(22-6-5-12(9-22)16(18,19)20)4-3-11(14)8-21-15(23)10-1-2-10/h3-4,7,10,12H,1-2,5-6,8-9H2,(H,21,23)/t12-/m0/s1. The van der Waals surface area contributed by atoms with Crippen LogP contribution < -0.4 is 10.2 Å². The van der Waals surface area contributed by atoms with E-state index in [9.17, 15) is 22.4 Å². The summed E-state index contributed by atoms with van der Waals surface area (Å²) in [6, 6.07) is 4.39. The molecule has 0 radical (unpaired) electrons. The van der Waals surface area contributed by atoms with Gasteiger partial charge >= 0.3 is 6.18 Å². The molecule has 1 amide bonds. The van der Waals surface area contributed by atoms with Gasteiger partial charge in [-0.1, -0.05) is 6.07 Å². The first-order valence-electron chi connectivity index (χ1n) is 7.72. The van der Waals surface area contributed by atoms with Crippen LogP contribution in [0, 0.1) is 17.7 Å². The number of hydrogen-bond acceptors (Lipinski definition) is 2. The first-order valence-corrected chi connectivity index (χ1v) is 7.72. The average Bonchev–Trinajstić information content (AvgIpc) is 3.21. The van der Waals surface area contributed by atoms with E-state index >= 15 is 0 Å². The number of halogens is 4. The van der Waals surface area contributed by atoms with E-state index in [-0.39, 0.29) is 37.9 Å². The SMILES string of the molecule is O=C(NCc1ccc(N2CC[C@H](C(F)(F)F)C2)cc1F)C1CC1. The first-order chi connectivity index (χ1) is 10.8. The zero-order valence-electron chi connectivity index (χ0n) is 12.5. The molecule has 1 aliphatic heterocycles. The summed E-state index contributed by atoms with van der Waals surface area (Å²) in [7, 11) is 0. The van der Waals surface area contributed by atoms with Gasteiger partial charge in [0.1, 0.15) is 5.82 Å². The molecule has 1 heterocycles. The lowest BCUT2D eigenvalue weighted by atomic mass is 10.1. The number of benzene rings is 1. The third kappa shape index (κ3) is 3.76. The van der Waals surface area contributed by atoms with Crippen molar-refractivity contribution in [3.63, 3.8) is 0 Å². The smallest absolute Gasteiger partial charge is 0.371 e. The summed E-state index contributed by atoms with van der Waals surface area (Å²) in [6.07, 6.45) is -2.42. The second-order valence-corrected chi connectivity index (χ2v) is 6.24. The summed E-state index contributed by atoms with van der Waals surface area (Å²) in [6.45, 7) is 0.231. The Morgan fingerprint density at radius 3 is 2.57 bits per heavy atom. The van der Waals surface area contributed by atoms with Crippen LogP contribution >= 0.6 is 0 Å². The summed E-state index contributed by atoms with van der Waals surface area (Å²) in [5, 5.41) is 2.68. The van der Waals surface area contributed by atoms with E-state index in [1.807, 2.05) is 0 Å². The quantitative estimate of drug-likeness (QED) is 0.860. The van der Waals surface area contributed by atoms with Gasteiger partial charge in [0.15, 0.2) is 0 Å². The van der Waals surface area contributed by atoms with Crippen LogP contribution in [0.2, 0.25) is 0 Å². The van der Waals surface area contributed by atoms with Crippen molar-refractivity contribution in [2.75, 3.05) is 18.0 Å². The van der Waals surface area contributed by atoms with Crippen molar-refractivity contribution >= 4 is 11.6 Å². The molecule has 0 spiro atoms. The van der Waals surface area contributed by atoms with Crippen LogP contribution in [-0.2, 0) is 11.3 Å². The van der Waals surface area contributed by atoms with Gasteiger partial charge in [-0.2, -0.15) is 13.2 Å². The maximum atomic E-state index is 14.1. The second-order valence-electron chi connectivity index (χ2n) is 6.24. The van der Waals surface area contributed by atoms with Crippen molar-refractivity contribution in [3.8, 4) is 0 Å². The second kappa shape index (κ2) is 6.02. The molecule has 3 rings (SSSR count). The molecule has 0 unspecified atom stereocenters. The summed E-state index contributed by atoms with van der Waals surface area (Å²) < 4.78 is 52.2. The van der Waals surface area contributed by atoms with E-state index in [0.717, 1.165) is 12.8 Å². The Hall–Kier alpha value is -1.79. The third-order valence-corrected chi connectivity index (χ3v) is 4.45. The van der Waals surface area contributed by atoms with Crippen LogP contribution in [0.25, 0.3) is 0 Å². The molecular formula is C16H18F4N2O. The Balaban J connectivity index is 1.61. The zero-order valence-corrected chi connectivity index (χ0v) is 12.5. The molecule has 1 atom stereocenters. The lowest BCUT2D eigenvalue weighted by Crippen LogP contribution is -2.27. The van der Waals surface area contributed by atoms with Gasteiger partial charge in [0, 0.05) is 36.8 Å². The minimum absolute atomic E-state index is 0.0321. The first kappa shape index (κ1) is 16.1. The normalized spacial score (nSPS) is 21.6. The van der Waals surface area contributed by atoms with E-state index in [2.05, 4.69) is 5.32 Å². The van der Waals surface area contributed by atoms with Crippen molar-refractivity contribution < 1.29 is 22.4 Å². The van der Waals surface area contributed by atoms with Gasteiger partial charge in [0.25, 0.3) is 0 Å². The zero-order chi connectivity index (χ0) is 16.6. The predicted octanol–water partition coefficient (Wildman–Crippen LogP) is 3.24. The fraction of sp³-hybridized carbons (Fsp3) is 0.562. The summed E-state index contributed by atoms with van der Waals surface area (Å²) in [5.41, 5.74) is 0.792. The molecule has 1 aliphatic carbocycles. The van der Waals surface area contributed by atoms with Crippen LogP contribution in [0.15, 0.2) is 18.2 Å². The largest absolute Gasteiger partial charge is 0.393 e.